The van der Waals surface area contributed by atoms with E-state index < -0.39 is 0 Å². The molecule has 1 N–H and O–H groups in total. The lowest BCUT2D eigenvalue weighted by Gasteiger charge is -2.12. The number of nitrogens with one attached hydrogen (secondary N) is 1. The summed E-state index contributed by atoms with van der Waals surface area (Å²) in [7, 11) is 0. The fourth-order valence-corrected chi connectivity index (χ4v) is 4.60. The van der Waals surface area contributed by atoms with Gasteiger partial charge in [-0.25, -0.2) is 0 Å². The molecule has 168 valence electrons. The predicted octanol–water partition coefficient (Wildman–Crippen LogP) is 6.18. The van der Waals surface area contributed by atoms with Gasteiger partial charge in [-0.3, -0.25) is 9.36 Å². The van der Waals surface area contributed by atoms with Crippen molar-refractivity contribution < 1.29 is 4.79 Å². The summed E-state index contributed by atoms with van der Waals surface area (Å²) >= 11 is 5.10. The molecule has 0 fully saturated rings. The number of aryl methyl sites for hydroxylation is 3. The van der Waals surface area contributed by atoms with E-state index in [4.69, 9.17) is 0 Å². The van der Waals surface area contributed by atoms with Gasteiger partial charge < -0.3 is 5.32 Å². The summed E-state index contributed by atoms with van der Waals surface area (Å²) in [5.74, 6) is 1.34. The fourth-order valence-electron chi connectivity index (χ4n) is 3.41. The van der Waals surface area contributed by atoms with Gasteiger partial charge in [-0.05, 0) is 79.4 Å². The third-order valence-corrected chi connectivity index (χ3v) is 6.95. The summed E-state index contributed by atoms with van der Waals surface area (Å²) in [6.45, 7) is 6.39. The number of nitrogens with zero attached hydrogens (tertiary/aromatic N) is 3. The number of carbonyl (C=O) groups is 1. The molecule has 4 aromatic rings. The van der Waals surface area contributed by atoms with Gasteiger partial charge in [-0.15, -0.1) is 10.2 Å². The standard InChI is InChI=1S/C26H25BrN4OS/c1-17-5-4-6-23(13-17)31-24(15-28-25(32)21-10-7-18(2)19(3)14-21)29-30-26(31)33-16-20-8-11-22(27)12-9-20/h4-14H,15-16H2,1-3H3,(H,28,32). The first-order chi connectivity index (χ1) is 15.9. The number of carbonyl (C=O) groups excluding carboxylic acids is 1. The average Bonchev–Trinajstić information content (AvgIpc) is 3.21. The van der Waals surface area contributed by atoms with Crippen molar-refractivity contribution in [1.29, 1.82) is 0 Å². The van der Waals surface area contributed by atoms with E-state index in [2.05, 4.69) is 62.6 Å². The quantitative estimate of drug-likeness (QED) is 0.295. The molecule has 5 nitrogen and oxygen atoms in total. The third kappa shape index (κ3) is 5.72. The smallest absolute Gasteiger partial charge is 0.251 e. The van der Waals surface area contributed by atoms with Crippen molar-refractivity contribution in [2.24, 2.45) is 0 Å². The van der Waals surface area contributed by atoms with Gasteiger partial charge in [-0.1, -0.05) is 58.0 Å². The highest BCUT2D eigenvalue weighted by atomic mass is 79.9. The second-order valence-corrected chi connectivity index (χ2v) is 9.83. The molecule has 0 aliphatic heterocycles. The van der Waals surface area contributed by atoms with Crippen molar-refractivity contribution >= 4 is 33.6 Å². The van der Waals surface area contributed by atoms with E-state index in [0.29, 0.717) is 11.4 Å². The lowest BCUT2D eigenvalue weighted by molar-refractivity contribution is 0.0949. The maximum atomic E-state index is 12.8. The second kappa shape index (κ2) is 10.4. The number of aromatic nitrogens is 3. The van der Waals surface area contributed by atoms with Gasteiger partial charge in [0, 0.05) is 21.5 Å². The molecule has 0 atom stereocenters. The van der Waals surface area contributed by atoms with Crippen LogP contribution in [0.5, 0.6) is 0 Å². The SMILES string of the molecule is Cc1cccc(-n2c(CNC(=O)c3ccc(C)c(C)c3)nnc2SCc2ccc(Br)cc2)c1. The molecular formula is C26H25BrN4OS. The van der Waals surface area contributed by atoms with Crippen molar-refractivity contribution in [2.45, 2.75) is 38.2 Å². The highest BCUT2D eigenvalue weighted by Crippen LogP contribution is 2.26. The van der Waals surface area contributed by atoms with Crippen LogP contribution in [0.15, 0.2) is 76.4 Å². The Morgan fingerprint density at radius 3 is 2.48 bits per heavy atom. The molecule has 1 heterocycles. The lowest BCUT2D eigenvalue weighted by atomic mass is 10.1. The molecule has 1 amide bonds. The van der Waals surface area contributed by atoms with Gasteiger partial charge in [-0.2, -0.15) is 0 Å². The second-order valence-electron chi connectivity index (χ2n) is 7.97. The number of benzene rings is 3. The highest BCUT2D eigenvalue weighted by Gasteiger charge is 2.16. The minimum atomic E-state index is -0.124. The van der Waals surface area contributed by atoms with Crippen LogP contribution in [0.2, 0.25) is 0 Å². The maximum Gasteiger partial charge on any atom is 0.251 e. The van der Waals surface area contributed by atoms with E-state index in [0.717, 1.165) is 37.8 Å². The van der Waals surface area contributed by atoms with Crippen molar-refractivity contribution in [1.82, 2.24) is 20.1 Å². The number of thioether (sulfide) groups is 1. The molecule has 1 aromatic heterocycles. The van der Waals surface area contributed by atoms with Crippen LogP contribution in [0.25, 0.3) is 5.69 Å². The van der Waals surface area contributed by atoms with Crippen LogP contribution in [0.3, 0.4) is 0 Å². The molecule has 7 heteroatoms. The normalized spacial score (nSPS) is 10.9. The number of hydrogen-bond acceptors (Lipinski definition) is 4. The zero-order valence-corrected chi connectivity index (χ0v) is 21.2. The highest BCUT2D eigenvalue weighted by molar-refractivity contribution is 9.10. The number of rotatable bonds is 7. The Balaban J connectivity index is 1.57. The minimum absolute atomic E-state index is 0.124. The van der Waals surface area contributed by atoms with Crippen LogP contribution in [0.1, 0.15) is 38.4 Å². The Morgan fingerprint density at radius 2 is 1.76 bits per heavy atom. The zero-order valence-electron chi connectivity index (χ0n) is 18.8. The number of halogens is 1. The maximum absolute atomic E-state index is 12.8. The molecule has 0 saturated heterocycles. The van der Waals surface area contributed by atoms with Gasteiger partial charge in [0.2, 0.25) is 0 Å². The molecule has 0 aliphatic carbocycles. The first kappa shape index (κ1) is 23.3. The first-order valence-corrected chi connectivity index (χ1v) is 12.4. The van der Waals surface area contributed by atoms with Crippen molar-refractivity contribution in [3.8, 4) is 5.69 Å². The summed E-state index contributed by atoms with van der Waals surface area (Å²) in [4.78, 5) is 12.8. The van der Waals surface area contributed by atoms with Crippen LogP contribution < -0.4 is 5.32 Å². The van der Waals surface area contributed by atoms with Gasteiger partial charge in [0.1, 0.15) is 0 Å². The van der Waals surface area contributed by atoms with Crippen LogP contribution in [-0.2, 0) is 12.3 Å². The molecule has 4 rings (SSSR count). The average molecular weight is 521 g/mol. The van der Waals surface area contributed by atoms with Gasteiger partial charge in [0.15, 0.2) is 11.0 Å². The summed E-state index contributed by atoms with van der Waals surface area (Å²) in [5, 5.41) is 12.7. The van der Waals surface area contributed by atoms with E-state index in [1.165, 1.54) is 5.56 Å². The van der Waals surface area contributed by atoms with Gasteiger partial charge in [0.05, 0.1) is 6.54 Å². The Kier molecular flexibility index (Phi) is 7.30. The van der Waals surface area contributed by atoms with E-state index in [1.807, 2.05) is 60.9 Å². The molecule has 0 unspecified atom stereocenters. The number of amides is 1. The predicted molar refractivity (Wildman–Crippen MR) is 137 cm³/mol. The zero-order chi connectivity index (χ0) is 23.4. The van der Waals surface area contributed by atoms with Gasteiger partial charge >= 0.3 is 0 Å². The van der Waals surface area contributed by atoms with Crippen molar-refractivity contribution in [3.05, 3.63) is 105 Å². The molecule has 0 bridgehead atoms. The van der Waals surface area contributed by atoms with Crippen LogP contribution in [0, 0.1) is 20.8 Å². The van der Waals surface area contributed by atoms with E-state index in [9.17, 15) is 4.79 Å². The Labute approximate surface area is 206 Å². The Morgan fingerprint density at radius 1 is 0.970 bits per heavy atom. The van der Waals surface area contributed by atoms with Crippen molar-refractivity contribution in [3.63, 3.8) is 0 Å². The molecule has 33 heavy (non-hydrogen) atoms. The first-order valence-electron chi connectivity index (χ1n) is 10.6. The summed E-state index contributed by atoms with van der Waals surface area (Å²) < 4.78 is 3.08. The summed E-state index contributed by atoms with van der Waals surface area (Å²) in [6, 6.07) is 22.2. The van der Waals surface area contributed by atoms with E-state index in [-0.39, 0.29) is 12.5 Å². The lowest BCUT2D eigenvalue weighted by Crippen LogP contribution is -2.24. The monoisotopic (exact) mass is 520 g/mol. The van der Waals surface area contributed by atoms with E-state index >= 15 is 0 Å². The van der Waals surface area contributed by atoms with E-state index in [1.54, 1.807) is 11.8 Å². The molecule has 0 saturated carbocycles. The van der Waals surface area contributed by atoms with Gasteiger partial charge in [0.25, 0.3) is 5.91 Å². The summed E-state index contributed by atoms with van der Waals surface area (Å²) in [5.41, 5.74) is 6.23. The van der Waals surface area contributed by atoms with Crippen LogP contribution >= 0.6 is 27.7 Å². The van der Waals surface area contributed by atoms with Crippen molar-refractivity contribution in [2.75, 3.05) is 0 Å². The topological polar surface area (TPSA) is 59.8 Å². The third-order valence-electron chi connectivity index (χ3n) is 5.42. The largest absolute Gasteiger partial charge is 0.345 e. The van der Waals surface area contributed by atoms with Crippen LogP contribution in [-0.4, -0.2) is 20.7 Å². The Hall–Kier alpha value is -2.90. The molecule has 3 aromatic carbocycles. The molecule has 0 spiro atoms. The number of hydrogen-bond donors (Lipinski definition) is 1. The molecule has 0 aliphatic rings. The minimum Gasteiger partial charge on any atom is -0.345 e. The fraction of sp³-hybridized carbons (Fsp3) is 0.192. The summed E-state index contributed by atoms with van der Waals surface area (Å²) in [6.07, 6.45) is 0. The van der Waals surface area contributed by atoms with Crippen LogP contribution in [0.4, 0.5) is 0 Å². The molecular weight excluding hydrogens is 496 g/mol. The Bertz CT molecular complexity index is 1280. The molecule has 0 radical (unpaired) electrons.